The number of nitrogens with zero attached hydrogens (tertiary/aromatic N) is 2. The first-order valence-corrected chi connectivity index (χ1v) is 8.29. The van der Waals surface area contributed by atoms with Crippen molar-refractivity contribution in [2.75, 3.05) is 50.7 Å². The fraction of sp³-hybridized carbons (Fsp3) is 0.647. The number of piperidine rings is 1. The van der Waals surface area contributed by atoms with Gasteiger partial charge in [0.1, 0.15) is 5.82 Å². The molecule has 3 rings (SSSR count). The molecule has 2 saturated heterocycles. The summed E-state index contributed by atoms with van der Waals surface area (Å²) in [6.45, 7) is 7.62. The highest BCUT2D eigenvalue weighted by Crippen LogP contribution is 2.25. The zero-order chi connectivity index (χ0) is 14.5. The number of benzene rings is 1. The molecule has 1 aromatic carbocycles. The quantitative estimate of drug-likeness (QED) is 0.918. The second kappa shape index (κ2) is 7.23. The van der Waals surface area contributed by atoms with Crippen molar-refractivity contribution >= 4 is 5.69 Å². The van der Waals surface area contributed by atoms with Crippen molar-refractivity contribution < 1.29 is 4.39 Å². The van der Waals surface area contributed by atoms with Gasteiger partial charge < -0.3 is 15.1 Å². The Kier molecular flexibility index (Phi) is 5.09. The van der Waals surface area contributed by atoms with Crippen LogP contribution in [0.2, 0.25) is 0 Å². The Morgan fingerprint density at radius 1 is 1.00 bits per heavy atom. The predicted octanol–water partition coefficient (Wildman–Crippen LogP) is 2.26. The highest BCUT2D eigenvalue weighted by molar-refractivity contribution is 5.54. The highest BCUT2D eigenvalue weighted by Gasteiger charge is 2.16. The smallest absolute Gasteiger partial charge is 0.123 e. The molecule has 2 aliphatic heterocycles. The van der Waals surface area contributed by atoms with Crippen LogP contribution in [0.3, 0.4) is 0 Å². The van der Waals surface area contributed by atoms with Crippen LogP contribution in [0.1, 0.15) is 24.8 Å². The predicted molar refractivity (Wildman–Crippen MR) is 85.5 cm³/mol. The van der Waals surface area contributed by atoms with Crippen molar-refractivity contribution in [2.45, 2.75) is 25.7 Å². The van der Waals surface area contributed by atoms with Crippen LogP contribution in [0, 0.1) is 5.82 Å². The van der Waals surface area contributed by atoms with Gasteiger partial charge in [0.15, 0.2) is 0 Å². The van der Waals surface area contributed by atoms with E-state index in [-0.39, 0.29) is 5.82 Å². The topological polar surface area (TPSA) is 18.5 Å². The van der Waals surface area contributed by atoms with Crippen molar-refractivity contribution in [1.82, 2.24) is 10.2 Å². The van der Waals surface area contributed by atoms with Gasteiger partial charge in [-0.2, -0.15) is 0 Å². The van der Waals surface area contributed by atoms with Crippen molar-refractivity contribution in [1.29, 1.82) is 0 Å². The van der Waals surface area contributed by atoms with E-state index in [9.17, 15) is 4.39 Å². The lowest BCUT2D eigenvalue weighted by Gasteiger charge is -2.32. The Balaban J connectivity index is 1.68. The number of halogens is 1. The summed E-state index contributed by atoms with van der Waals surface area (Å²) < 4.78 is 13.6. The van der Waals surface area contributed by atoms with E-state index in [1.54, 1.807) is 12.1 Å². The zero-order valence-corrected chi connectivity index (χ0v) is 12.8. The van der Waals surface area contributed by atoms with Gasteiger partial charge in [0.05, 0.1) is 0 Å². The molecule has 0 radical (unpaired) electrons. The van der Waals surface area contributed by atoms with E-state index < -0.39 is 0 Å². The first-order valence-electron chi connectivity index (χ1n) is 8.29. The molecule has 21 heavy (non-hydrogen) atoms. The number of nitrogens with one attached hydrogen (secondary N) is 1. The van der Waals surface area contributed by atoms with Gasteiger partial charge in [-0.15, -0.1) is 0 Å². The van der Waals surface area contributed by atoms with E-state index in [1.165, 1.54) is 30.5 Å². The number of piperazine rings is 1. The largest absolute Gasteiger partial charge is 0.371 e. The molecular weight excluding hydrogens is 265 g/mol. The molecule has 2 aliphatic rings. The van der Waals surface area contributed by atoms with Crippen molar-refractivity contribution in [3.05, 3.63) is 29.6 Å². The SMILES string of the molecule is Fc1ccc(N2CCCCC2)c(CCN2CCNCC2)c1. The van der Waals surface area contributed by atoms with Crippen LogP contribution in [0.4, 0.5) is 10.1 Å². The van der Waals surface area contributed by atoms with Gasteiger partial charge in [0.2, 0.25) is 0 Å². The summed E-state index contributed by atoms with van der Waals surface area (Å²) in [6.07, 6.45) is 4.79. The average Bonchev–Trinajstić information content (AvgIpc) is 2.55. The van der Waals surface area contributed by atoms with Crippen LogP contribution in [0.25, 0.3) is 0 Å². The molecule has 2 heterocycles. The lowest BCUT2D eigenvalue weighted by atomic mass is 10.0. The summed E-state index contributed by atoms with van der Waals surface area (Å²) >= 11 is 0. The first kappa shape index (κ1) is 14.8. The molecule has 0 spiro atoms. The minimum absolute atomic E-state index is 0.105. The molecule has 3 nitrogen and oxygen atoms in total. The molecule has 2 fully saturated rings. The van der Waals surface area contributed by atoms with Crippen LogP contribution in [-0.4, -0.2) is 50.7 Å². The number of rotatable bonds is 4. The summed E-state index contributed by atoms with van der Waals surface area (Å²) in [6, 6.07) is 5.33. The molecule has 0 saturated carbocycles. The Morgan fingerprint density at radius 2 is 1.76 bits per heavy atom. The molecule has 4 heteroatoms. The Hall–Kier alpha value is -1.13. The van der Waals surface area contributed by atoms with Gasteiger partial charge in [-0.1, -0.05) is 0 Å². The molecule has 0 amide bonds. The minimum Gasteiger partial charge on any atom is -0.371 e. The fourth-order valence-corrected chi connectivity index (χ4v) is 3.41. The van der Waals surface area contributed by atoms with Crippen molar-refractivity contribution in [3.63, 3.8) is 0 Å². The van der Waals surface area contributed by atoms with Crippen molar-refractivity contribution in [3.8, 4) is 0 Å². The maximum atomic E-state index is 13.6. The Morgan fingerprint density at radius 3 is 2.52 bits per heavy atom. The normalized spacial score (nSPS) is 20.7. The second-order valence-corrected chi connectivity index (χ2v) is 6.16. The van der Waals surface area contributed by atoms with Gasteiger partial charge >= 0.3 is 0 Å². The lowest BCUT2D eigenvalue weighted by Crippen LogP contribution is -2.44. The molecule has 0 aliphatic carbocycles. The van der Waals surface area contributed by atoms with Gasteiger partial charge in [-0.05, 0) is 49.4 Å². The maximum absolute atomic E-state index is 13.6. The third-order valence-corrected chi connectivity index (χ3v) is 4.65. The molecule has 1 aromatic rings. The van der Waals surface area contributed by atoms with Gasteiger partial charge in [-0.3, -0.25) is 0 Å². The Labute approximate surface area is 127 Å². The number of hydrogen-bond donors (Lipinski definition) is 1. The molecular formula is C17H26FN3. The molecule has 1 N–H and O–H groups in total. The fourth-order valence-electron chi connectivity index (χ4n) is 3.41. The average molecular weight is 291 g/mol. The van der Waals surface area contributed by atoms with E-state index in [2.05, 4.69) is 15.1 Å². The lowest BCUT2D eigenvalue weighted by molar-refractivity contribution is 0.244. The van der Waals surface area contributed by atoms with Crippen molar-refractivity contribution in [2.24, 2.45) is 0 Å². The number of hydrogen-bond acceptors (Lipinski definition) is 3. The van der Waals surface area contributed by atoms with Crippen LogP contribution in [0.5, 0.6) is 0 Å². The van der Waals surface area contributed by atoms with E-state index in [0.717, 1.165) is 52.2 Å². The standard InChI is InChI=1S/C17H26FN3/c18-16-4-5-17(21-9-2-1-3-10-21)15(14-16)6-11-20-12-7-19-8-13-20/h4-5,14,19H,1-3,6-13H2. The summed E-state index contributed by atoms with van der Waals surface area (Å²) in [5, 5.41) is 3.38. The molecule has 116 valence electrons. The van der Waals surface area contributed by atoms with E-state index >= 15 is 0 Å². The van der Waals surface area contributed by atoms with Crippen LogP contribution in [0.15, 0.2) is 18.2 Å². The summed E-state index contributed by atoms with van der Waals surface area (Å²) in [5.74, 6) is -0.105. The summed E-state index contributed by atoms with van der Waals surface area (Å²) in [5.41, 5.74) is 2.43. The third-order valence-electron chi connectivity index (χ3n) is 4.65. The zero-order valence-electron chi connectivity index (χ0n) is 12.8. The minimum atomic E-state index is -0.105. The molecule has 0 aromatic heterocycles. The Bertz CT molecular complexity index is 451. The second-order valence-electron chi connectivity index (χ2n) is 6.16. The van der Waals surface area contributed by atoms with Gasteiger partial charge in [0.25, 0.3) is 0 Å². The number of anilines is 1. The maximum Gasteiger partial charge on any atom is 0.123 e. The van der Waals surface area contributed by atoms with Crippen LogP contribution < -0.4 is 10.2 Å². The first-order chi connectivity index (χ1) is 10.3. The van der Waals surface area contributed by atoms with Gasteiger partial charge in [-0.25, -0.2) is 4.39 Å². The summed E-state index contributed by atoms with van der Waals surface area (Å²) in [4.78, 5) is 4.91. The van der Waals surface area contributed by atoms with E-state index in [4.69, 9.17) is 0 Å². The molecule has 0 atom stereocenters. The van der Waals surface area contributed by atoms with Crippen LogP contribution in [-0.2, 0) is 6.42 Å². The van der Waals surface area contributed by atoms with Crippen LogP contribution >= 0.6 is 0 Å². The highest BCUT2D eigenvalue weighted by atomic mass is 19.1. The summed E-state index contributed by atoms with van der Waals surface area (Å²) in [7, 11) is 0. The van der Waals surface area contributed by atoms with Gasteiger partial charge in [0, 0.05) is 51.5 Å². The monoisotopic (exact) mass is 291 g/mol. The molecule has 0 bridgehead atoms. The third kappa shape index (κ3) is 3.95. The van der Waals surface area contributed by atoms with E-state index in [0.29, 0.717) is 0 Å². The molecule has 0 unspecified atom stereocenters. The van der Waals surface area contributed by atoms with E-state index in [1.807, 2.05) is 6.07 Å².